The van der Waals surface area contributed by atoms with Gasteiger partial charge >= 0.3 is 19.8 Å². The molecule has 10 heteroatoms. The Hall–Kier alpha value is -3.85. The molecule has 0 heterocycles. The maximum absolute atomic E-state index is 12.9. The average molecular weight is 1300 g/mol. The first-order chi connectivity index (χ1) is 45.0. The van der Waals surface area contributed by atoms with Gasteiger partial charge in [0.15, 0.2) is 6.10 Å². The molecule has 2 unspecified atom stereocenters. The van der Waals surface area contributed by atoms with Crippen molar-refractivity contribution in [3.8, 4) is 0 Å². The fourth-order valence-corrected chi connectivity index (χ4v) is 11.2. The lowest BCUT2D eigenvalue weighted by molar-refractivity contribution is -0.870. The zero-order chi connectivity index (χ0) is 66.9. The van der Waals surface area contributed by atoms with E-state index < -0.39 is 26.5 Å². The Bertz CT molecular complexity index is 2020. The lowest BCUT2D eigenvalue weighted by Crippen LogP contribution is -2.37. The molecule has 0 aliphatic heterocycles. The molecule has 0 aliphatic rings. The zero-order valence-electron chi connectivity index (χ0n) is 60.2. The first kappa shape index (κ1) is 88.2. The Labute approximate surface area is 568 Å². The zero-order valence-corrected chi connectivity index (χ0v) is 61.1. The maximum atomic E-state index is 12.9. The molecule has 1 N–H and O–H groups in total. The maximum Gasteiger partial charge on any atom is 0.472 e. The highest BCUT2D eigenvalue weighted by Crippen LogP contribution is 2.43. The highest BCUT2D eigenvalue weighted by atomic mass is 31.2. The van der Waals surface area contributed by atoms with Crippen molar-refractivity contribution < 1.29 is 42.1 Å². The van der Waals surface area contributed by atoms with Crippen LogP contribution < -0.4 is 0 Å². The molecule has 0 aromatic heterocycles. The summed E-state index contributed by atoms with van der Waals surface area (Å²) < 4.78 is 34.8. The fraction of sp³-hybridized carbons (Fsp3) is 0.707. The number of phosphoric acid groups is 1. The summed E-state index contributed by atoms with van der Waals surface area (Å²) in [7, 11) is 1.48. The van der Waals surface area contributed by atoms with Crippen molar-refractivity contribution in [3.05, 3.63) is 134 Å². The van der Waals surface area contributed by atoms with Gasteiger partial charge in [-0.25, -0.2) is 4.57 Å². The molecule has 0 aliphatic carbocycles. The summed E-state index contributed by atoms with van der Waals surface area (Å²) in [6, 6.07) is 0. The average Bonchev–Trinajstić information content (AvgIpc) is 2.23. The molecule has 2 atom stereocenters. The van der Waals surface area contributed by atoms with Gasteiger partial charge in [0.2, 0.25) is 0 Å². The van der Waals surface area contributed by atoms with Gasteiger partial charge in [-0.3, -0.25) is 18.6 Å². The van der Waals surface area contributed by atoms with Gasteiger partial charge < -0.3 is 18.9 Å². The summed E-state index contributed by atoms with van der Waals surface area (Å²) in [5, 5.41) is 0. The third-order valence-electron chi connectivity index (χ3n) is 16.2. The number of allylic oxidation sites excluding steroid dienone is 22. The Kier molecular flexibility index (Phi) is 68.5. The van der Waals surface area contributed by atoms with Crippen LogP contribution in [-0.4, -0.2) is 74.9 Å². The van der Waals surface area contributed by atoms with E-state index in [1.54, 1.807) is 0 Å². The molecule has 0 fully saturated rings. The Morgan fingerprint density at radius 3 is 0.870 bits per heavy atom. The summed E-state index contributed by atoms with van der Waals surface area (Å²) in [5.41, 5.74) is 0. The number of carbonyl (C=O) groups excluding carboxylic acids is 2. The highest BCUT2D eigenvalue weighted by Gasteiger charge is 2.27. The van der Waals surface area contributed by atoms with Gasteiger partial charge in [-0.15, -0.1) is 0 Å². The van der Waals surface area contributed by atoms with E-state index in [-0.39, 0.29) is 32.0 Å². The van der Waals surface area contributed by atoms with Crippen LogP contribution in [-0.2, 0) is 32.7 Å². The van der Waals surface area contributed by atoms with Crippen LogP contribution in [0.3, 0.4) is 0 Å². The number of unbranched alkanes of at least 4 members (excludes halogenated alkanes) is 33. The molecular weight excluding hydrogens is 1160 g/mol. The van der Waals surface area contributed by atoms with Crippen LogP contribution in [0.4, 0.5) is 0 Å². The number of ether oxygens (including phenoxy) is 2. The van der Waals surface area contributed by atoms with E-state index >= 15 is 0 Å². The normalized spacial score (nSPS) is 13.8. The third-order valence-corrected chi connectivity index (χ3v) is 17.2. The fourth-order valence-electron chi connectivity index (χ4n) is 10.5. The highest BCUT2D eigenvalue weighted by molar-refractivity contribution is 7.47. The molecule has 92 heavy (non-hydrogen) atoms. The van der Waals surface area contributed by atoms with Gasteiger partial charge in [-0.1, -0.05) is 334 Å². The third kappa shape index (κ3) is 75.2. The molecule has 0 aromatic rings. The van der Waals surface area contributed by atoms with Gasteiger partial charge in [-0.05, 0) is 109 Å². The molecule has 0 spiro atoms. The summed E-state index contributed by atoms with van der Waals surface area (Å²) in [4.78, 5) is 35.9. The predicted molar refractivity (Wildman–Crippen MR) is 399 cm³/mol. The van der Waals surface area contributed by atoms with Crippen molar-refractivity contribution in [1.29, 1.82) is 0 Å². The van der Waals surface area contributed by atoms with Gasteiger partial charge in [0.25, 0.3) is 0 Å². The number of hydrogen-bond donors (Lipinski definition) is 1. The number of esters is 2. The van der Waals surface area contributed by atoms with Crippen molar-refractivity contribution >= 4 is 19.8 Å². The lowest BCUT2D eigenvalue weighted by Gasteiger charge is -2.24. The van der Waals surface area contributed by atoms with Crippen molar-refractivity contribution in [2.24, 2.45) is 0 Å². The minimum absolute atomic E-state index is 0.0280. The quantitative estimate of drug-likeness (QED) is 0.0211. The van der Waals surface area contributed by atoms with Gasteiger partial charge in [0, 0.05) is 12.8 Å². The number of likely N-dealkylation sites (N-methyl/N-ethyl adjacent to an activating group) is 1. The van der Waals surface area contributed by atoms with E-state index in [2.05, 4.69) is 148 Å². The number of quaternary nitrogens is 1. The van der Waals surface area contributed by atoms with Crippen molar-refractivity contribution in [3.63, 3.8) is 0 Å². The van der Waals surface area contributed by atoms with Crippen LogP contribution >= 0.6 is 7.82 Å². The van der Waals surface area contributed by atoms with Crippen LogP contribution in [0.15, 0.2) is 134 Å². The Morgan fingerprint density at radius 1 is 0.337 bits per heavy atom. The second-order valence-electron chi connectivity index (χ2n) is 26.3. The van der Waals surface area contributed by atoms with Gasteiger partial charge in [0.1, 0.15) is 19.8 Å². The minimum Gasteiger partial charge on any atom is -0.462 e. The van der Waals surface area contributed by atoms with Gasteiger partial charge in [0.05, 0.1) is 27.7 Å². The molecule has 0 bridgehead atoms. The molecule has 0 saturated heterocycles. The topological polar surface area (TPSA) is 108 Å². The summed E-state index contributed by atoms with van der Waals surface area (Å²) in [5.74, 6) is -0.794. The molecule has 0 saturated carbocycles. The lowest BCUT2D eigenvalue weighted by atomic mass is 10.0. The first-order valence-corrected chi connectivity index (χ1v) is 39.4. The standard InChI is InChI=1S/C82H142NO8P/c1-6-8-10-12-14-16-18-20-22-24-26-28-30-32-34-35-36-37-38-39-40-41-42-43-44-45-46-47-49-51-53-55-57-59-61-63-65-67-69-71-73-75-82(85)91-80(79-90-92(86,87)89-77-76-83(3,4)5)78-88-81(84)74-72-70-68-66-64-62-60-58-56-54-52-50-48-33-31-29-27-25-23-21-19-17-15-13-11-9-7-2/h8-11,14-17,20-23,26-29,32-34,36-37,48,80H,6-7,12-13,18-19,24-25,30-31,35,38-47,49-79H2,1-5H3/p+1/b10-8-,11-9-,16-14-,17-15-,22-20-,23-21-,28-26-,29-27-,34-32-,37-36-,48-33-. The Morgan fingerprint density at radius 2 is 0.587 bits per heavy atom. The SMILES string of the molecule is CC/C=C\C/C=C\C/C=C\C/C=C\C/C=C\C/C=C\CCCCCCCCCCCCCCCCCCCCCCCCC(=O)OC(COC(=O)CCCCCCCCCCCCC/C=C\C/C=C\C/C=C\C/C=C\C/C=C\CC)COP(=O)(O)OCC[N+](C)(C)C. The molecular formula is C82H143NO8P+. The molecule has 0 rings (SSSR count). The van der Waals surface area contributed by atoms with E-state index in [9.17, 15) is 19.0 Å². The van der Waals surface area contributed by atoms with E-state index in [0.717, 1.165) is 103 Å². The molecule has 0 amide bonds. The van der Waals surface area contributed by atoms with E-state index in [4.69, 9.17) is 18.5 Å². The van der Waals surface area contributed by atoms with Crippen molar-refractivity contribution in [2.45, 2.75) is 328 Å². The van der Waals surface area contributed by atoms with Crippen LogP contribution in [0.25, 0.3) is 0 Å². The van der Waals surface area contributed by atoms with Crippen LogP contribution in [0, 0.1) is 0 Å². The van der Waals surface area contributed by atoms with Crippen LogP contribution in [0.1, 0.15) is 322 Å². The van der Waals surface area contributed by atoms with Gasteiger partial charge in [-0.2, -0.15) is 0 Å². The minimum atomic E-state index is -4.40. The second kappa shape index (κ2) is 71.4. The number of hydrogen-bond acceptors (Lipinski definition) is 7. The number of carbonyl (C=O) groups is 2. The summed E-state index contributed by atoms with van der Waals surface area (Å²) >= 11 is 0. The number of phosphoric ester groups is 1. The predicted octanol–water partition coefficient (Wildman–Crippen LogP) is 25.2. The first-order valence-electron chi connectivity index (χ1n) is 37.9. The molecule has 9 nitrogen and oxygen atoms in total. The summed E-state index contributed by atoms with van der Waals surface area (Å²) in [6.07, 6.45) is 104. The van der Waals surface area contributed by atoms with E-state index in [0.29, 0.717) is 17.4 Å². The smallest absolute Gasteiger partial charge is 0.462 e. The van der Waals surface area contributed by atoms with Crippen LogP contribution in [0.2, 0.25) is 0 Å². The molecule has 0 aromatic carbocycles. The number of rotatable bonds is 69. The van der Waals surface area contributed by atoms with Crippen LogP contribution in [0.5, 0.6) is 0 Å². The molecule has 528 valence electrons. The van der Waals surface area contributed by atoms with Crippen molar-refractivity contribution in [1.82, 2.24) is 0 Å². The molecule has 0 radical (unpaired) electrons. The largest absolute Gasteiger partial charge is 0.472 e. The van der Waals surface area contributed by atoms with E-state index in [1.165, 1.54) is 186 Å². The van der Waals surface area contributed by atoms with E-state index in [1.807, 2.05) is 21.1 Å². The Balaban J connectivity index is 3.97. The monoisotopic (exact) mass is 1300 g/mol. The summed E-state index contributed by atoms with van der Waals surface area (Å²) in [6.45, 7) is 4.23. The number of nitrogens with zero attached hydrogens (tertiary/aromatic N) is 1. The second-order valence-corrected chi connectivity index (χ2v) is 27.7. The van der Waals surface area contributed by atoms with Crippen molar-refractivity contribution in [2.75, 3.05) is 47.5 Å².